The van der Waals surface area contributed by atoms with Crippen molar-refractivity contribution in [3.8, 4) is 5.88 Å². The molecular formula is C13H13ClFN3O. The van der Waals surface area contributed by atoms with Crippen LogP contribution in [0, 0.1) is 5.82 Å². The van der Waals surface area contributed by atoms with Gasteiger partial charge in [0.1, 0.15) is 11.5 Å². The van der Waals surface area contributed by atoms with Gasteiger partial charge in [0.15, 0.2) is 0 Å². The highest BCUT2D eigenvalue weighted by molar-refractivity contribution is 6.31. The third-order valence-electron chi connectivity index (χ3n) is 2.74. The molecule has 0 fully saturated rings. The maximum Gasteiger partial charge on any atom is 0.237 e. The van der Waals surface area contributed by atoms with E-state index in [1.165, 1.54) is 25.6 Å². The van der Waals surface area contributed by atoms with E-state index in [9.17, 15) is 4.39 Å². The molecule has 0 spiro atoms. The Morgan fingerprint density at radius 3 is 2.68 bits per heavy atom. The van der Waals surface area contributed by atoms with Gasteiger partial charge in [-0.15, -0.1) is 0 Å². The SMILES string of the molecule is CNC(c1nccnc1OC)c1c(F)cccc1Cl. The van der Waals surface area contributed by atoms with Crippen molar-refractivity contribution in [3.05, 3.63) is 52.7 Å². The lowest BCUT2D eigenvalue weighted by molar-refractivity contribution is 0.383. The summed E-state index contributed by atoms with van der Waals surface area (Å²) in [6.07, 6.45) is 3.04. The zero-order valence-corrected chi connectivity index (χ0v) is 11.3. The van der Waals surface area contributed by atoms with Crippen molar-refractivity contribution in [3.63, 3.8) is 0 Å². The zero-order chi connectivity index (χ0) is 13.8. The molecule has 0 saturated carbocycles. The highest BCUT2D eigenvalue weighted by Gasteiger charge is 2.24. The van der Waals surface area contributed by atoms with Gasteiger partial charge in [-0.3, -0.25) is 4.98 Å². The third-order valence-corrected chi connectivity index (χ3v) is 3.06. The van der Waals surface area contributed by atoms with E-state index in [2.05, 4.69) is 15.3 Å². The Kier molecular flexibility index (Phi) is 4.29. The molecule has 0 saturated heterocycles. The second kappa shape index (κ2) is 5.95. The number of nitrogens with one attached hydrogen (secondary N) is 1. The maximum atomic E-state index is 14.0. The summed E-state index contributed by atoms with van der Waals surface area (Å²) in [5.41, 5.74) is 0.810. The number of halogens is 2. The largest absolute Gasteiger partial charge is 0.480 e. The van der Waals surface area contributed by atoms with E-state index in [4.69, 9.17) is 16.3 Å². The first-order chi connectivity index (χ1) is 9.19. The van der Waals surface area contributed by atoms with Crippen LogP contribution in [0.15, 0.2) is 30.6 Å². The highest BCUT2D eigenvalue weighted by Crippen LogP contribution is 2.32. The first kappa shape index (κ1) is 13.7. The van der Waals surface area contributed by atoms with Crippen molar-refractivity contribution < 1.29 is 9.13 Å². The Hall–Kier alpha value is -1.72. The Bertz CT molecular complexity index is 559. The number of rotatable bonds is 4. The summed E-state index contributed by atoms with van der Waals surface area (Å²) in [4.78, 5) is 8.26. The minimum absolute atomic E-state index is 0.325. The molecule has 6 heteroatoms. The topological polar surface area (TPSA) is 47.0 Å². The summed E-state index contributed by atoms with van der Waals surface area (Å²) in [5, 5.41) is 3.31. The normalized spacial score (nSPS) is 12.2. The number of hydrogen-bond acceptors (Lipinski definition) is 4. The Labute approximate surface area is 115 Å². The minimum atomic E-state index is -0.530. The predicted octanol–water partition coefficient (Wildman–Crippen LogP) is 2.59. The molecule has 2 rings (SSSR count). The van der Waals surface area contributed by atoms with E-state index in [1.807, 2.05) is 0 Å². The van der Waals surface area contributed by atoms with Gasteiger partial charge in [0.2, 0.25) is 5.88 Å². The molecule has 100 valence electrons. The highest BCUT2D eigenvalue weighted by atomic mass is 35.5. The van der Waals surface area contributed by atoms with Gasteiger partial charge < -0.3 is 10.1 Å². The van der Waals surface area contributed by atoms with Crippen LogP contribution < -0.4 is 10.1 Å². The van der Waals surface area contributed by atoms with Crippen LogP contribution in [0.25, 0.3) is 0 Å². The van der Waals surface area contributed by atoms with Crippen LogP contribution in [0.1, 0.15) is 17.3 Å². The summed E-state index contributed by atoms with van der Waals surface area (Å²) in [7, 11) is 3.19. The molecule has 1 aromatic carbocycles. The van der Waals surface area contributed by atoms with Crippen LogP contribution in [0.5, 0.6) is 5.88 Å². The van der Waals surface area contributed by atoms with Crippen LogP contribution in [0.2, 0.25) is 5.02 Å². The van der Waals surface area contributed by atoms with Crippen LogP contribution in [0.3, 0.4) is 0 Å². The second-order valence-corrected chi connectivity index (χ2v) is 4.22. The van der Waals surface area contributed by atoms with Crippen molar-refractivity contribution in [1.82, 2.24) is 15.3 Å². The number of ether oxygens (including phenoxy) is 1. The number of aromatic nitrogens is 2. The Balaban J connectivity index is 2.57. The lowest BCUT2D eigenvalue weighted by Gasteiger charge is -2.19. The number of nitrogens with zero attached hydrogens (tertiary/aromatic N) is 2. The zero-order valence-electron chi connectivity index (χ0n) is 10.5. The van der Waals surface area contributed by atoms with E-state index in [0.29, 0.717) is 22.2 Å². The summed E-state index contributed by atoms with van der Waals surface area (Å²) in [5.74, 6) is -0.0688. The summed E-state index contributed by atoms with van der Waals surface area (Å²) < 4.78 is 19.1. The molecule has 19 heavy (non-hydrogen) atoms. The molecule has 0 amide bonds. The lowest BCUT2D eigenvalue weighted by Crippen LogP contribution is -2.21. The molecule has 1 atom stereocenters. The lowest BCUT2D eigenvalue weighted by atomic mass is 10.0. The first-order valence-electron chi connectivity index (χ1n) is 5.65. The summed E-state index contributed by atoms with van der Waals surface area (Å²) >= 11 is 6.08. The van der Waals surface area contributed by atoms with E-state index in [1.54, 1.807) is 19.2 Å². The van der Waals surface area contributed by atoms with Gasteiger partial charge in [0, 0.05) is 23.0 Å². The molecule has 1 heterocycles. The van der Waals surface area contributed by atoms with Gasteiger partial charge in [-0.25, -0.2) is 9.37 Å². The van der Waals surface area contributed by atoms with Gasteiger partial charge in [-0.2, -0.15) is 0 Å². The first-order valence-corrected chi connectivity index (χ1v) is 6.03. The molecule has 0 aliphatic heterocycles. The van der Waals surface area contributed by atoms with Crippen molar-refractivity contribution in [2.75, 3.05) is 14.2 Å². The van der Waals surface area contributed by atoms with Crippen molar-refractivity contribution in [1.29, 1.82) is 0 Å². The van der Waals surface area contributed by atoms with Crippen LogP contribution in [-0.4, -0.2) is 24.1 Å². The number of hydrogen-bond donors (Lipinski definition) is 1. The van der Waals surface area contributed by atoms with Gasteiger partial charge in [-0.05, 0) is 19.2 Å². The van der Waals surface area contributed by atoms with Crippen molar-refractivity contribution in [2.45, 2.75) is 6.04 Å². The fourth-order valence-corrected chi connectivity index (χ4v) is 2.17. The fraction of sp³-hybridized carbons (Fsp3) is 0.231. The minimum Gasteiger partial charge on any atom is -0.480 e. The number of benzene rings is 1. The quantitative estimate of drug-likeness (QED) is 0.936. The maximum absolute atomic E-state index is 14.0. The van der Waals surface area contributed by atoms with Crippen molar-refractivity contribution >= 4 is 11.6 Å². The Morgan fingerprint density at radius 2 is 2.05 bits per heavy atom. The summed E-state index contributed by atoms with van der Waals surface area (Å²) in [6, 6.07) is 4.01. The Morgan fingerprint density at radius 1 is 1.32 bits per heavy atom. The van der Waals surface area contributed by atoms with Crippen LogP contribution >= 0.6 is 11.6 Å². The predicted molar refractivity (Wildman–Crippen MR) is 70.9 cm³/mol. The smallest absolute Gasteiger partial charge is 0.237 e. The molecule has 1 N–H and O–H groups in total. The van der Waals surface area contributed by atoms with Crippen molar-refractivity contribution in [2.24, 2.45) is 0 Å². The second-order valence-electron chi connectivity index (χ2n) is 3.81. The molecule has 0 bridgehead atoms. The van der Waals surface area contributed by atoms with Gasteiger partial charge >= 0.3 is 0 Å². The molecule has 1 aromatic heterocycles. The summed E-state index contributed by atoms with van der Waals surface area (Å²) in [6.45, 7) is 0. The third kappa shape index (κ3) is 2.67. The fourth-order valence-electron chi connectivity index (χ4n) is 1.90. The van der Waals surface area contributed by atoms with Gasteiger partial charge in [-0.1, -0.05) is 17.7 Å². The van der Waals surface area contributed by atoms with E-state index >= 15 is 0 Å². The molecule has 0 aliphatic rings. The molecule has 4 nitrogen and oxygen atoms in total. The van der Waals surface area contributed by atoms with Gasteiger partial charge in [0.25, 0.3) is 0 Å². The molecule has 0 radical (unpaired) electrons. The average molecular weight is 282 g/mol. The van der Waals surface area contributed by atoms with Crippen LogP contribution in [-0.2, 0) is 0 Å². The monoisotopic (exact) mass is 281 g/mol. The molecule has 0 aliphatic carbocycles. The molecule has 1 unspecified atom stereocenters. The van der Waals surface area contributed by atoms with Gasteiger partial charge in [0.05, 0.1) is 13.2 Å². The van der Waals surface area contributed by atoms with E-state index in [0.717, 1.165) is 0 Å². The number of methoxy groups -OCH3 is 1. The molecular weight excluding hydrogens is 269 g/mol. The van der Waals surface area contributed by atoms with E-state index < -0.39 is 11.9 Å². The average Bonchev–Trinajstić information content (AvgIpc) is 2.43. The molecule has 2 aromatic rings. The van der Waals surface area contributed by atoms with Crippen LogP contribution in [0.4, 0.5) is 4.39 Å². The standard InChI is InChI=1S/C13H13ClFN3O/c1-16-11(10-8(14)4-3-5-9(10)15)12-13(19-2)18-7-6-17-12/h3-7,11,16H,1-2H3. The van der Waals surface area contributed by atoms with E-state index in [-0.39, 0.29) is 0 Å².